The van der Waals surface area contributed by atoms with Crippen LogP contribution in [0.2, 0.25) is 0 Å². The standard InChI is InChI=1S/C10H20O3S/c1-8(10(11)13-4)7-14-9(2)5-6-12-3/h8-9H,5-7H2,1-4H3. The monoisotopic (exact) mass is 220 g/mol. The van der Waals surface area contributed by atoms with Crippen molar-refractivity contribution in [1.82, 2.24) is 0 Å². The number of methoxy groups -OCH3 is 2. The minimum atomic E-state index is -0.128. The van der Waals surface area contributed by atoms with Gasteiger partial charge in [-0.25, -0.2) is 0 Å². The molecule has 0 saturated heterocycles. The molecular weight excluding hydrogens is 200 g/mol. The van der Waals surface area contributed by atoms with E-state index in [9.17, 15) is 4.79 Å². The van der Waals surface area contributed by atoms with Crippen LogP contribution in [0, 0.1) is 5.92 Å². The van der Waals surface area contributed by atoms with Crippen LogP contribution in [0.4, 0.5) is 0 Å². The molecule has 0 aromatic rings. The number of carbonyl (C=O) groups excluding carboxylic acids is 1. The first-order valence-corrected chi connectivity index (χ1v) is 5.85. The molecule has 0 aliphatic rings. The van der Waals surface area contributed by atoms with Crippen molar-refractivity contribution >= 4 is 17.7 Å². The van der Waals surface area contributed by atoms with E-state index in [1.807, 2.05) is 6.92 Å². The average molecular weight is 220 g/mol. The molecule has 0 radical (unpaired) electrons. The van der Waals surface area contributed by atoms with Gasteiger partial charge in [-0.1, -0.05) is 13.8 Å². The number of esters is 1. The van der Waals surface area contributed by atoms with Gasteiger partial charge in [0, 0.05) is 24.7 Å². The van der Waals surface area contributed by atoms with Crippen molar-refractivity contribution in [3.8, 4) is 0 Å². The largest absolute Gasteiger partial charge is 0.469 e. The quantitative estimate of drug-likeness (QED) is 0.614. The number of rotatable bonds is 7. The fraction of sp³-hybridized carbons (Fsp3) is 0.900. The van der Waals surface area contributed by atoms with E-state index in [2.05, 4.69) is 11.7 Å². The summed E-state index contributed by atoms with van der Waals surface area (Å²) in [5, 5.41) is 0.530. The summed E-state index contributed by atoms with van der Waals surface area (Å²) < 4.78 is 9.63. The van der Waals surface area contributed by atoms with Crippen molar-refractivity contribution in [2.24, 2.45) is 5.92 Å². The molecule has 0 saturated carbocycles. The second-order valence-electron chi connectivity index (χ2n) is 3.35. The number of hydrogen-bond acceptors (Lipinski definition) is 4. The smallest absolute Gasteiger partial charge is 0.309 e. The molecule has 0 aromatic heterocycles. The lowest BCUT2D eigenvalue weighted by atomic mass is 10.2. The molecule has 0 heterocycles. The van der Waals surface area contributed by atoms with E-state index in [0.717, 1.165) is 18.8 Å². The van der Waals surface area contributed by atoms with E-state index in [-0.39, 0.29) is 11.9 Å². The Balaban J connectivity index is 3.55. The molecule has 0 bridgehead atoms. The Morgan fingerprint density at radius 2 is 2.00 bits per heavy atom. The topological polar surface area (TPSA) is 35.5 Å². The Hall–Kier alpha value is -0.220. The molecule has 14 heavy (non-hydrogen) atoms. The number of carbonyl (C=O) groups is 1. The van der Waals surface area contributed by atoms with Crippen LogP contribution in [-0.2, 0) is 14.3 Å². The number of hydrogen-bond donors (Lipinski definition) is 0. The van der Waals surface area contributed by atoms with Gasteiger partial charge in [-0.15, -0.1) is 0 Å². The number of ether oxygens (including phenoxy) is 2. The van der Waals surface area contributed by atoms with Gasteiger partial charge in [0.25, 0.3) is 0 Å². The lowest BCUT2D eigenvalue weighted by molar-refractivity contribution is -0.143. The first-order valence-electron chi connectivity index (χ1n) is 4.80. The van der Waals surface area contributed by atoms with Gasteiger partial charge in [0.1, 0.15) is 0 Å². The summed E-state index contributed by atoms with van der Waals surface area (Å²) in [6.45, 7) is 4.82. The van der Waals surface area contributed by atoms with E-state index in [0.29, 0.717) is 5.25 Å². The second-order valence-corrected chi connectivity index (χ2v) is 4.82. The van der Waals surface area contributed by atoms with Crippen LogP contribution in [0.1, 0.15) is 20.3 Å². The molecule has 0 amide bonds. The lowest BCUT2D eigenvalue weighted by Crippen LogP contribution is -2.16. The molecule has 2 atom stereocenters. The summed E-state index contributed by atoms with van der Waals surface area (Å²) in [6.07, 6.45) is 1.02. The molecule has 0 spiro atoms. The predicted octanol–water partition coefficient (Wildman–Crippen LogP) is 1.95. The zero-order valence-corrected chi connectivity index (χ0v) is 10.2. The van der Waals surface area contributed by atoms with Crippen LogP contribution in [0.25, 0.3) is 0 Å². The summed E-state index contributed by atoms with van der Waals surface area (Å²) in [7, 11) is 3.13. The molecular formula is C10H20O3S. The maximum atomic E-state index is 11.1. The van der Waals surface area contributed by atoms with Gasteiger partial charge < -0.3 is 9.47 Å². The van der Waals surface area contributed by atoms with Gasteiger partial charge in [0.15, 0.2) is 0 Å². The van der Waals surface area contributed by atoms with Gasteiger partial charge >= 0.3 is 5.97 Å². The van der Waals surface area contributed by atoms with E-state index in [1.54, 1.807) is 18.9 Å². The van der Waals surface area contributed by atoms with Crippen molar-refractivity contribution in [3.63, 3.8) is 0 Å². The highest BCUT2D eigenvalue weighted by Gasteiger charge is 2.14. The third-order valence-corrected chi connectivity index (χ3v) is 3.46. The van der Waals surface area contributed by atoms with E-state index < -0.39 is 0 Å². The SMILES string of the molecule is COCCC(C)SCC(C)C(=O)OC. The molecule has 0 rings (SSSR count). The Bertz CT molecular complexity index is 161. The minimum Gasteiger partial charge on any atom is -0.469 e. The van der Waals surface area contributed by atoms with Crippen LogP contribution in [0.15, 0.2) is 0 Å². The van der Waals surface area contributed by atoms with E-state index in [4.69, 9.17) is 4.74 Å². The Labute approximate surface area is 90.5 Å². The maximum absolute atomic E-state index is 11.1. The highest BCUT2D eigenvalue weighted by atomic mass is 32.2. The maximum Gasteiger partial charge on any atom is 0.309 e. The minimum absolute atomic E-state index is 0.0185. The third-order valence-electron chi connectivity index (χ3n) is 1.96. The number of thioether (sulfide) groups is 1. The van der Waals surface area contributed by atoms with Crippen LogP contribution >= 0.6 is 11.8 Å². The van der Waals surface area contributed by atoms with Crippen molar-refractivity contribution < 1.29 is 14.3 Å². The first kappa shape index (κ1) is 13.8. The highest BCUT2D eigenvalue weighted by Crippen LogP contribution is 2.18. The van der Waals surface area contributed by atoms with Crippen molar-refractivity contribution in [3.05, 3.63) is 0 Å². The Morgan fingerprint density at radius 1 is 1.36 bits per heavy atom. The molecule has 2 unspecified atom stereocenters. The molecule has 4 heteroatoms. The molecule has 0 aromatic carbocycles. The van der Waals surface area contributed by atoms with Gasteiger partial charge in [-0.3, -0.25) is 4.79 Å². The zero-order valence-electron chi connectivity index (χ0n) is 9.41. The molecule has 0 aliphatic heterocycles. The summed E-state index contributed by atoms with van der Waals surface area (Å²) >= 11 is 1.79. The van der Waals surface area contributed by atoms with E-state index >= 15 is 0 Å². The van der Waals surface area contributed by atoms with Crippen LogP contribution in [0.3, 0.4) is 0 Å². The molecule has 0 aliphatic carbocycles. The molecule has 3 nitrogen and oxygen atoms in total. The lowest BCUT2D eigenvalue weighted by Gasteiger charge is -2.13. The molecule has 84 valence electrons. The van der Waals surface area contributed by atoms with Crippen LogP contribution in [0.5, 0.6) is 0 Å². The summed E-state index contributed by atoms with van der Waals surface area (Å²) in [4.78, 5) is 11.1. The van der Waals surface area contributed by atoms with Crippen LogP contribution < -0.4 is 0 Å². The average Bonchev–Trinajstić information content (AvgIpc) is 2.21. The summed E-state index contributed by atoms with van der Waals surface area (Å²) in [5.74, 6) is 0.670. The summed E-state index contributed by atoms with van der Waals surface area (Å²) in [5.41, 5.74) is 0. The fourth-order valence-electron chi connectivity index (χ4n) is 0.945. The van der Waals surface area contributed by atoms with Crippen molar-refractivity contribution in [2.45, 2.75) is 25.5 Å². The predicted molar refractivity (Wildman–Crippen MR) is 59.6 cm³/mol. The Morgan fingerprint density at radius 3 is 2.50 bits per heavy atom. The van der Waals surface area contributed by atoms with Gasteiger partial charge in [0.05, 0.1) is 13.0 Å². The van der Waals surface area contributed by atoms with Gasteiger partial charge in [0.2, 0.25) is 0 Å². The van der Waals surface area contributed by atoms with Crippen LogP contribution in [-0.4, -0.2) is 37.8 Å². The Kier molecular flexibility index (Phi) is 7.99. The normalized spacial score (nSPS) is 14.9. The highest BCUT2D eigenvalue weighted by molar-refractivity contribution is 7.99. The summed E-state index contributed by atoms with van der Waals surface area (Å²) in [6, 6.07) is 0. The molecule has 0 N–H and O–H groups in total. The molecule has 0 fully saturated rings. The zero-order chi connectivity index (χ0) is 11.0. The van der Waals surface area contributed by atoms with Crippen molar-refractivity contribution in [2.75, 3.05) is 26.6 Å². The third kappa shape index (κ3) is 6.27. The second kappa shape index (κ2) is 8.12. The van der Waals surface area contributed by atoms with Gasteiger partial charge in [-0.2, -0.15) is 11.8 Å². The van der Waals surface area contributed by atoms with E-state index in [1.165, 1.54) is 7.11 Å². The fourth-order valence-corrected chi connectivity index (χ4v) is 1.96. The first-order chi connectivity index (χ1) is 6.61. The van der Waals surface area contributed by atoms with Crippen molar-refractivity contribution in [1.29, 1.82) is 0 Å². The van der Waals surface area contributed by atoms with Gasteiger partial charge in [-0.05, 0) is 6.42 Å².